The average molecular weight is 283 g/mol. The third-order valence-corrected chi connectivity index (χ3v) is 3.66. The number of benzene rings is 1. The summed E-state index contributed by atoms with van der Waals surface area (Å²) in [6.45, 7) is 0.773. The summed E-state index contributed by atoms with van der Waals surface area (Å²) in [5, 5.41) is 2.86. The van der Waals surface area contributed by atoms with Crippen molar-refractivity contribution in [1.29, 1.82) is 0 Å². The van der Waals surface area contributed by atoms with Gasteiger partial charge in [0.1, 0.15) is 0 Å². The van der Waals surface area contributed by atoms with Crippen LogP contribution in [0.1, 0.15) is 18.0 Å². The third-order valence-electron chi connectivity index (χ3n) is 3.66. The molecule has 1 saturated heterocycles. The number of hydrogen-bond donors (Lipinski definition) is 1. The molecule has 21 heavy (non-hydrogen) atoms. The number of anilines is 1. The van der Waals surface area contributed by atoms with Gasteiger partial charge in [-0.05, 0) is 18.1 Å². The van der Waals surface area contributed by atoms with Crippen molar-refractivity contribution in [3.8, 4) is 5.88 Å². The summed E-state index contributed by atoms with van der Waals surface area (Å²) < 4.78 is 4.99. The van der Waals surface area contributed by atoms with E-state index >= 15 is 0 Å². The first-order valence-corrected chi connectivity index (χ1v) is 6.90. The lowest BCUT2D eigenvalue weighted by atomic mass is 9.95. The standard InChI is InChI=1S/C16H17N3O2/c1-21-15-8-7-13(11-17-15)18-16(20)19-10-9-14(19)12-5-3-2-4-6-12/h2-8,11,14H,9-10H2,1H3,(H,18,20). The molecule has 0 bridgehead atoms. The zero-order chi connectivity index (χ0) is 14.7. The fourth-order valence-corrected chi connectivity index (χ4v) is 2.42. The van der Waals surface area contributed by atoms with E-state index in [9.17, 15) is 4.79 Å². The Morgan fingerprint density at radius 1 is 1.29 bits per heavy atom. The Labute approximate surface area is 123 Å². The maximum Gasteiger partial charge on any atom is 0.322 e. The summed E-state index contributed by atoms with van der Waals surface area (Å²) in [6, 6.07) is 13.7. The van der Waals surface area contributed by atoms with Crippen LogP contribution < -0.4 is 10.1 Å². The van der Waals surface area contributed by atoms with Gasteiger partial charge in [0.15, 0.2) is 0 Å². The van der Waals surface area contributed by atoms with Crippen LogP contribution in [0.3, 0.4) is 0 Å². The van der Waals surface area contributed by atoms with Gasteiger partial charge in [0.05, 0.1) is 25.0 Å². The Morgan fingerprint density at radius 2 is 2.10 bits per heavy atom. The third kappa shape index (κ3) is 2.81. The van der Waals surface area contributed by atoms with Crippen molar-refractivity contribution in [3.63, 3.8) is 0 Å². The predicted octanol–water partition coefficient (Wildman–Crippen LogP) is 3.07. The molecular weight excluding hydrogens is 266 g/mol. The van der Waals surface area contributed by atoms with Gasteiger partial charge in [0, 0.05) is 12.6 Å². The zero-order valence-corrected chi connectivity index (χ0v) is 11.8. The number of methoxy groups -OCH3 is 1. The molecule has 2 heterocycles. The lowest BCUT2D eigenvalue weighted by Crippen LogP contribution is -2.47. The Hall–Kier alpha value is -2.56. The van der Waals surface area contributed by atoms with E-state index in [1.54, 1.807) is 25.4 Å². The molecule has 3 rings (SSSR count). The molecule has 1 unspecified atom stereocenters. The monoisotopic (exact) mass is 283 g/mol. The fraction of sp³-hybridized carbons (Fsp3) is 0.250. The number of nitrogens with zero attached hydrogens (tertiary/aromatic N) is 2. The van der Waals surface area contributed by atoms with Gasteiger partial charge < -0.3 is 15.0 Å². The molecule has 5 heteroatoms. The molecule has 1 aromatic carbocycles. The maximum absolute atomic E-state index is 12.3. The first-order valence-electron chi connectivity index (χ1n) is 6.90. The van der Waals surface area contributed by atoms with Crippen LogP contribution in [0.5, 0.6) is 5.88 Å². The molecule has 0 saturated carbocycles. The lowest BCUT2D eigenvalue weighted by molar-refractivity contribution is 0.126. The number of rotatable bonds is 3. The van der Waals surface area contributed by atoms with Crippen molar-refractivity contribution in [2.45, 2.75) is 12.5 Å². The minimum absolute atomic E-state index is 0.0953. The second kappa shape index (κ2) is 5.83. The van der Waals surface area contributed by atoms with Crippen LogP contribution in [0.4, 0.5) is 10.5 Å². The van der Waals surface area contributed by atoms with Gasteiger partial charge in [-0.25, -0.2) is 9.78 Å². The van der Waals surface area contributed by atoms with E-state index in [2.05, 4.69) is 22.4 Å². The van der Waals surface area contributed by atoms with Gasteiger partial charge in [0.25, 0.3) is 0 Å². The Balaban J connectivity index is 1.65. The number of likely N-dealkylation sites (tertiary alicyclic amines) is 1. The van der Waals surface area contributed by atoms with Crippen LogP contribution >= 0.6 is 0 Å². The Bertz CT molecular complexity index is 613. The quantitative estimate of drug-likeness (QED) is 0.941. The van der Waals surface area contributed by atoms with Gasteiger partial charge in [-0.1, -0.05) is 30.3 Å². The van der Waals surface area contributed by atoms with E-state index in [-0.39, 0.29) is 12.1 Å². The summed E-state index contributed by atoms with van der Waals surface area (Å²) in [5.41, 5.74) is 1.84. The van der Waals surface area contributed by atoms with Gasteiger partial charge in [-0.3, -0.25) is 0 Å². The van der Waals surface area contributed by atoms with Gasteiger partial charge in [-0.2, -0.15) is 0 Å². The van der Waals surface area contributed by atoms with Crippen LogP contribution in [-0.2, 0) is 0 Å². The smallest absolute Gasteiger partial charge is 0.322 e. The molecule has 5 nitrogen and oxygen atoms in total. The van der Waals surface area contributed by atoms with Crippen molar-refractivity contribution in [2.24, 2.45) is 0 Å². The molecule has 0 radical (unpaired) electrons. The summed E-state index contributed by atoms with van der Waals surface area (Å²) >= 11 is 0. The van der Waals surface area contributed by atoms with Crippen molar-refractivity contribution < 1.29 is 9.53 Å². The molecule has 1 atom stereocenters. The minimum atomic E-state index is -0.0953. The molecule has 0 spiro atoms. The van der Waals surface area contributed by atoms with E-state index in [1.165, 1.54) is 5.56 Å². The molecule has 2 amide bonds. The van der Waals surface area contributed by atoms with E-state index in [0.29, 0.717) is 11.6 Å². The van der Waals surface area contributed by atoms with Crippen LogP contribution in [0.15, 0.2) is 48.7 Å². The van der Waals surface area contributed by atoms with Gasteiger partial charge in [-0.15, -0.1) is 0 Å². The number of ether oxygens (including phenoxy) is 1. The normalized spacial score (nSPS) is 17.0. The van der Waals surface area contributed by atoms with Gasteiger partial charge >= 0.3 is 6.03 Å². The fourth-order valence-electron chi connectivity index (χ4n) is 2.42. The summed E-state index contributed by atoms with van der Waals surface area (Å²) in [5.74, 6) is 0.527. The molecule has 2 aromatic rings. The number of carbonyl (C=O) groups excluding carboxylic acids is 1. The van der Waals surface area contributed by atoms with Crippen LogP contribution in [0, 0.1) is 0 Å². The highest BCUT2D eigenvalue weighted by molar-refractivity contribution is 5.90. The minimum Gasteiger partial charge on any atom is -0.481 e. The number of aromatic nitrogens is 1. The molecular formula is C16H17N3O2. The summed E-state index contributed by atoms with van der Waals surface area (Å²) in [4.78, 5) is 18.2. The van der Waals surface area contributed by atoms with E-state index < -0.39 is 0 Å². The van der Waals surface area contributed by atoms with Crippen LogP contribution in [-0.4, -0.2) is 29.6 Å². The van der Waals surface area contributed by atoms with Crippen molar-refractivity contribution in [3.05, 3.63) is 54.2 Å². The second-order valence-electron chi connectivity index (χ2n) is 4.93. The number of amides is 2. The second-order valence-corrected chi connectivity index (χ2v) is 4.93. The number of carbonyl (C=O) groups is 1. The molecule has 0 aliphatic carbocycles. The molecule has 1 aliphatic rings. The van der Waals surface area contributed by atoms with E-state index in [0.717, 1.165) is 13.0 Å². The van der Waals surface area contributed by atoms with Crippen LogP contribution in [0.25, 0.3) is 0 Å². The highest BCUT2D eigenvalue weighted by Gasteiger charge is 2.33. The van der Waals surface area contributed by atoms with Crippen molar-refractivity contribution in [2.75, 3.05) is 19.0 Å². The molecule has 1 N–H and O–H groups in total. The number of nitrogens with one attached hydrogen (secondary N) is 1. The molecule has 108 valence electrons. The summed E-state index contributed by atoms with van der Waals surface area (Å²) in [6.07, 6.45) is 2.59. The summed E-state index contributed by atoms with van der Waals surface area (Å²) in [7, 11) is 1.56. The Morgan fingerprint density at radius 3 is 2.67 bits per heavy atom. The van der Waals surface area contributed by atoms with Crippen molar-refractivity contribution in [1.82, 2.24) is 9.88 Å². The average Bonchev–Trinajstić information content (AvgIpc) is 2.48. The SMILES string of the molecule is COc1ccc(NC(=O)N2CCC2c2ccccc2)cn1. The number of pyridine rings is 1. The first-order chi connectivity index (χ1) is 10.3. The van der Waals surface area contributed by atoms with Crippen molar-refractivity contribution >= 4 is 11.7 Å². The first kappa shape index (κ1) is 13.4. The topological polar surface area (TPSA) is 54.5 Å². The maximum atomic E-state index is 12.3. The molecule has 1 aliphatic heterocycles. The molecule has 1 fully saturated rings. The van der Waals surface area contributed by atoms with Gasteiger partial charge in [0.2, 0.25) is 5.88 Å². The van der Waals surface area contributed by atoms with E-state index in [4.69, 9.17) is 4.74 Å². The zero-order valence-electron chi connectivity index (χ0n) is 11.8. The van der Waals surface area contributed by atoms with E-state index in [1.807, 2.05) is 23.1 Å². The number of urea groups is 1. The van der Waals surface area contributed by atoms with Crippen LogP contribution in [0.2, 0.25) is 0 Å². The highest BCUT2D eigenvalue weighted by Crippen LogP contribution is 2.33. The lowest BCUT2D eigenvalue weighted by Gasteiger charge is -2.41. The highest BCUT2D eigenvalue weighted by atomic mass is 16.5. The molecule has 1 aromatic heterocycles. The largest absolute Gasteiger partial charge is 0.481 e. The Kier molecular flexibility index (Phi) is 3.73. The predicted molar refractivity (Wildman–Crippen MR) is 80.3 cm³/mol. The number of hydrogen-bond acceptors (Lipinski definition) is 3.